The number of nitrogens with zero attached hydrogens (tertiary/aromatic N) is 5. The Balaban J connectivity index is 1.57. The first-order chi connectivity index (χ1) is 13.8. The molecule has 28 heavy (non-hydrogen) atoms. The van der Waals surface area contributed by atoms with E-state index < -0.39 is 0 Å². The summed E-state index contributed by atoms with van der Waals surface area (Å²) in [6, 6.07) is 15.2. The number of rotatable bonds is 7. The normalized spacial score (nSPS) is 12.2. The van der Waals surface area contributed by atoms with Crippen LogP contribution in [0.4, 0.5) is 0 Å². The Morgan fingerprint density at radius 2 is 1.96 bits per heavy atom. The van der Waals surface area contributed by atoms with Crippen molar-refractivity contribution in [2.45, 2.75) is 12.5 Å². The Bertz CT molecular complexity index is 1070. The molecule has 8 heteroatoms. The van der Waals surface area contributed by atoms with E-state index in [4.69, 9.17) is 0 Å². The molecule has 0 spiro atoms. The van der Waals surface area contributed by atoms with Gasteiger partial charge in [0.2, 0.25) is 0 Å². The molecule has 4 aromatic rings. The summed E-state index contributed by atoms with van der Waals surface area (Å²) >= 11 is 1.73. The highest BCUT2D eigenvalue weighted by Crippen LogP contribution is 2.19. The average Bonchev–Trinajstić information content (AvgIpc) is 3.39. The Morgan fingerprint density at radius 3 is 2.79 bits per heavy atom. The topological polar surface area (TPSA) is 77.1 Å². The van der Waals surface area contributed by atoms with Crippen molar-refractivity contribution in [3.63, 3.8) is 0 Å². The highest BCUT2D eigenvalue weighted by Gasteiger charge is 2.21. The molecule has 0 radical (unpaired) electrons. The second-order valence-electron chi connectivity index (χ2n) is 6.30. The summed E-state index contributed by atoms with van der Waals surface area (Å²) in [7, 11) is 0. The van der Waals surface area contributed by atoms with Gasteiger partial charge in [-0.15, -0.1) is 10.2 Å². The van der Waals surface area contributed by atoms with Crippen LogP contribution in [-0.4, -0.2) is 42.3 Å². The molecule has 3 aromatic heterocycles. The van der Waals surface area contributed by atoms with Crippen molar-refractivity contribution in [1.82, 2.24) is 29.7 Å². The minimum absolute atomic E-state index is 0.180. The van der Waals surface area contributed by atoms with Gasteiger partial charge in [-0.3, -0.25) is 9.20 Å². The number of fused-ring (bicyclic) bond motifs is 1. The Kier molecular flexibility index (Phi) is 5.38. The van der Waals surface area contributed by atoms with Crippen molar-refractivity contribution in [2.75, 3.05) is 12.0 Å². The van der Waals surface area contributed by atoms with Crippen LogP contribution in [0.1, 0.15) is 28.6 Å². The van der Waals surface area contributed by atoms with Gasteiger partial charge in [-0.05, 0) is 42.7 Å². The number of nitrogens with one attached hydrogen (secondary N) is 1. The molecule has 0 bridgehead atoms. The standard InChI is InChI=1S/C20H20N6OS/c1-28-12-10-17(19-24-23-18-9-5-6-11-25(18)19)22-20(27)15-13-21-26(14-15)16-7-3-2-4-8-16/h2-9,11,13-14,17H,10,12H2,1H3,(H,22,27)/t17-/m0/s1. The van der Waals surface area contributed by atoms with E-state index in [0.29, 0.717) is 5.56 Å². The van der Waals surface area contributed by atoms with Crippen molar-refractivity contribution in [3.05, 3.63) is 78.5 Å². The maximum absolute atomic E-state index is 12.9. The molecule has 142 valence electrons. The van der Waals surface area contributed by atoms with Crippen molar-refractivity contribution < 1.29 is 4.79 Å². The maximum Gasteiger partial charge on any atom is 0.255 e. The monoisotopic (exact) mass is 392 g/mol. The third-order valence-electron chi connectivity index (χ3n) is 4.43. The van der Waals surface area contributed by atoms with Crippen LogP contribution >= 0.6 is 11.8 Å². The number of thioether (sulfide) groups is 1. The number of hydrogen-bond donors (Lipinski definition) is 1. The van der Waals surface area contributed by atoms with E-state index in [1.807, 2.05) is 65.4 Å². The Morgan fingerprint density at radius 1 is 1.14 bits per heavy atom. The molecular weight excluding hydrogens is 372 g/mol. The lowest BCUT2D eigenvalue weighted by molar-refractivity contribution is 0.0934. The van der Waals surface area contributed by atoms with Crippen LogP contribution < -0.4 is 5.32 Å². The first-order valence-corrected chi connectivity index (χ1v) is 10.3. The summed E-state index contributed by atoms with van der Waals surface area (Å²) < 4.78 is 3.61. The van der Waals surface area contributed by atoms with E-state index in [1.165, 1.54) is 0 Å². The first kappa shape index (κ1) is 18.2. The van der Waals surface area contributed by atoms with E-state index in [2.05, 4.69) is 20.6 Å². The number of para-hydroxylation sites is 1. The molecule has 0 aliphatic carbocycles. The van der Waals surface area contributed by atoms with Gasteiger partial charge in [0.25, 0.3) is 5.91 Å². The van der Waals surface area contributed by atoms with Crippen LogP contribution in [0.3, 0.4) is 0 Å². The van der Waals surface area contributed by atoms with Crippen molar-refractivity contribution in [3.8, 4) is 5.69 Å². The highest BCUT2D eigenvalue weighted by molar-refractivity contribution is 7.98. The molecule has 0 saturated heterocycles. The van der Waals surface area contributed by atoms with Gasteiger partial charge in [-0.2, -0.15) is 16.9 Å². The largest absolute Gasteiger partial charge is 0.342 e. The predicted octanol–water partition coefficient (Wildman–Crippen LogP) is 3.14. The predicted molar refractivity (Wildman–Crippen MR) is 110 cm³/mol. The van der Waals surface area contributed by atoms with Crippen molar-refractivity contribution in [1.29, 1.82) is 0 Å². The average molecular weight is 392 g/mol. The molecule has 1 atom stereocenters. The SMILES string of the molecule is CSCC[C@H](NC(=O)c1cnn(-c2ccccc2)c1)c1nnc2ccccn12. The lowest BCUT2D eigenvalue weighted by atomic mass is 10.2. The van der Waals surface area contributed by atoms with Crippen molar-refractivity contribution >= 4 is 23.3 Å². The minimum atomic E-state index is -0.238. The first-order valence-electron chi connectivity index (χ1n) is 8.96. The van der Waals surface area contributed by atoms with E-state index in [9.17, 15) is 4.79 Å². The molecule has 0 unspecified atom stereocenters. The molecule has 0 aliphatic rings. The van der Waals surface area contributed by atoms with Gasteiger partial charge in [-0.1, -0.05) is 24.3 Å². The van der Waals surface area contributed by atoms with Crippen LogP contribution in [0.15, 0.2) is 67.1 Å². The van der Waals surface area contributed by atoms with Gasteiger partial charge in [-0.25, -0.2) is 4.68 Å². The maximum atomic E-state index is 12.9. The van der Waals surface area contributed by atoms with Crippen molar-refractivity contribution in [2.24, 2.45) is 0 Å². The summed E-state index contributed by atoms with van der Waals surface area (Å²) in [6.45, 7) is 0. The number of aromatic nitrogens is 5. The number of amides is 1. The molecule has 0 aliphatic heterocycles. The van der Waals surface area contributed by atoms with Crippen LogP contribution in [-0.2, 0) is 0 Å². The summed E-state index contributed by atoms with van der Waals surface area (Å²) in [4.78, 5) is 12.9. The number of carbonyl (C=O) groups excluding carboxylic acids is 1. The molecule has 1 amide bonds. The third kappa shape index (κ3) is 3.77. The van der Waals surface area contributed by atoms with Gasteiger partial charge in [0.1, 0.15) is 0 Å². The minimum Gasteiger partial charge on any atom is -0.342 e. The van der Waals surface area contributed by atoms with Gasteiger partial charge in [0.05, 0.1) is 23.5 Å². The summed E-state index contributed by atoms with van der Waals surface area (Å²) in [5.74, 6) is 1.45. The van der Waals surface area contributed by atoms with Crippen LogP contribution in [0, 0.1) is 0 Å². The molecule has 1 N–H and O–H groups in total. The zero-order valence-corrected chi connectivity index (χ0v) is 16.2. The number of carbonyl (C=O) groups is 1. The Labute approximate surface area is 166 Å². The number of benzene rings is 1. The molecule has 0 saturated carbocycles. The fourth-order valence-corrected chi connectivity index (χ4v) is 3.47. The van der Waals surface area contributed by atoms with Gasteiger partial charge in [0, 0.05) is 12.4 Å². The second kappa shape index (κ2) is 8.26. The number of pyridine rings is 1. The van der Waals surface area contributed by atoms with Gasteiger partial charge < -0.3 is 5.32 Å². The summed E-state index contributed by atoms with van der Waals surface area (Å²) in [6.07, 6.45) is 8.03. The van der Waals surface area contributed by atoms with E-state index in [0.717, 1.165) is 29.3 Å². The smallest absolute Gasteiger partial charge is 0.255 e. The van der Waals surface area contributed by atoms with Crippen LogP contribution in [0.2, 0.25) is 0 Å². The second-order valence-corrected chi connectivity index (χ2v) is 7.29. The quantitative estimate of drug-likeness (QED) is 0.523. The molecule has 1 aromatic carbocycles. The highest BCUT2D eigenvalue weighted by atomic mass is 32.2. The van der Waals surface area contributed by atoms with E-state index in [1.54, 1.807) is 28.8 Å². The fourth-order valence-electron chi connectivity index (χ4n) is 3.00. The molecule has 4 rings (SSSR count). The molecule has 0 fully saturated rings. The molecule has 3 heterocycles. The fraction of sp³-hybridized carbons (Fsp3) is 0.200. The molecular formula is C20H20N6OS. The summed E-state index contributed by atoms with van der Waals surface area (Å²) in [5.41, 5.74) is 2.17. The van der Waals surface area contributed by atoms with Crippen LogP contribution in [0.5, 0.6) is 0 Å². The lowest BCUT2D eigenvalue weighted by Crippen LogP contribution is -2.30. The van der Waals surface area contributed by atoms with Gasteiger partial charge in [0.15, 0.2) is 11.5 Å². The zero-order valence-electron chi connectivity index (χ0n) is 15.4. The van der Waals surface area contributed by atoms with E-state index >= 15 is 0 Å². The van der Waals surface area contributed by atoms with Gasteiger partial charge >= 0.3 is 0 Å². The zero-order chi connectivity index (χ0) is 19.3. The van der Waals surface area contributed by atoms with E-state index in [-0.39, 0.29) is 11.9 Å². The number of hydrogen-bond acceptors (Lipinski definition) is 5. The lowest BCUT2D eigenvalue weighted by Gasteiger charge is -2.16. The Hall–Kier alpha value is -3.13. The molecule has 7 nitrogen and oxygen atoms in total. The van der Waals surface area contributed by atoms with Crippen LogP contribution in [0.25, 0.3) is 11.3 Å². The third-order valence-corrected chi connectivity index (χ3v) is 5.08. The summed E-state index contributed by atoms with van der Waals surface area (Å²) in [5, 5.41) is 15.9.